The Bertz CT molecular complexity index is 557. The molecule has 21 heavy (non-hydrogen) atoms. The van der Waals surface area contributed by atoms with E-state index in [4.69, 9.17) is 4.74 Å². The zero-order valence-corrected chi connectivity index (χ0v) is 12.6. The maximum atomic E-state index is 12.4. The predicted octanol–water partition coefficient (Wildman–Crippen LogP) is 0.720. The minimum absolute atomic E-state index is 0.166. The van der Waals surface area contributed by atoms with E-state index in [2.05, 4.69) is 10.1 Å². The minimum Gasteiger partial charge on any atom is -0.467 e. The Morgan fingerprint density at radius 3 is 2.86 bits per heavy atom. The normalized spacial score (nSPS) is 18.2. The molecular formula is C13H16N2O5S. The molecule has 0 bridgehead atoms. The van der Waals surface area contributed by atoms with Crippen molar-refractivity contribution in [1.82, 2.24) is 4.90 Å². The molecule has 1 saturated heterocycles. The molecule has 7 nitrogen and oxygen atoms in total. The van der Waals surface area contributed by atoms with Crippen LogP contribution in [0.25, 0.3) is 0 Å². The van der Waals surface area contributed by atoms with Gasteiger partial charge in [0.1, 0.15) is 0 Å². The van der Waals surface area contributed by atoms with Gasteiger partial charge in [-0.05, 0) is 12.1 Å². The second kappa shape index (κ2) is 6.68. The molecule has 1 aliphatic heterocycles. The van der Waals surface area contributed by atoms with Crippen LogP contribution in [0.1, 0.15) is 16.6 Å². The van der Waals surface area contributed by atoms with E-state index in [0.29, 0.717) is 16.4 Å². The summed E-state index contributed by atoms with van der Waals surface area (Å²) >= 11 is 1.20. The van der Waals surface area contributed by atoms with Gasteiger partial charge >= 0.3 is 5.97 Å². The molecule has 8 heteroatoms. The minimum atomic E-state index is -0.748. The average molecular weight is 312 g/mol. The number of hydrogen-bond donors (Lipinski definition) is 1. The van der Waals surface area contributed by atoms with E-state index in [1.54, 1.807) is 17.0 Å². The van der Waals surface area contributed by atoms with Gasteiger partial charge in [-0.1, -0.05) is 0 Å². The summed E-state index contributed by atoms with van der Waals surface area (Å²) in [5.74, 6) is -0.862. The number of thiophene rings is 1. The molecule has 0 radical (unpaired) electrons. The lowest BCUT2D eigenvalue weighted by atomic mass is 10.2. The van der Waals surface area contributed by atoms with Crippen molar-refractivity contribution in [2.45, 2.75) is 13.0 Å². The van der Waals surface area contributed by atoms with E-state index in [1.807, 2.05) is 0 Å². The molecule has 1 aromatic heterocycles. The van der Waals surface area contributed by atoms with Gasteiger partial charge in [-0.25, -0.2) is 4.79 Å². The number of carbonyl (C=O) groups is 3. The van der Waals surface area contributed by atoms with Crippen molar-refractivity contribution < 1.29 is 23.9 Å². The maximum Gasteiger partial charge on any atom is 0.336 e. The van der Waals surface area contributed by atoms with Crippen LogP contribution in [0.2, 0.25) is 0 Å². The van der Waals surface area contributed by atoms with Crippen LogP contribution in [0.15, 0.2) is 12.1 Å². The van der Waals surface area contributed by atoms with E-state index in [-0.39, 0.29) is 25.0 Å². The number of nitrogens with one attached hydrogen (secondary N) is 1. The summed E-state index contributed by atoms with van der Waals surface area (Å²) < 4.78 is 9.91. The smallest absolute Gasteiger partial charge is 0.336 e. The monoisotopic (exact) mass is 312 g/mol. The summed E-state index contributed by atoms with van der Waals surface area (Å²) in [7, 11) is 1.28. The second-order valence-electron chi connectivity index (χ2n) is 4.48. The number of morpholine rings is 1. The second-order valence-corrected chi connectivity index (χ2v) is 5.56. The van der Waals surface area contributed by atoms with E-state index in [9.17, 15) is 14.4 Å². The lowest BCUT2D eigenvalue weighted by Crippen LogP contribution is -2.48. The van der Waals surface area contributed by atoms with Crippen LogP contribution in [0.3, 0.4) is 0 Å². The first kappa shape index (κ1) is 15.5. The standard InChI is InChI=1S/C13H16N2O5S/c1-8(16)14-11-4-3-10(21-11)12(17)15-5-6-20-9(7-15)13(18)19-2/h3-4,9H,5-7H2,1-2H3,(H,14,16). The summed E-state index contributed by atoms with van der Waals surface area (Å²) in [6.07, 6.45) is -0.748. The summed E-state index contributed by atoms with van der Waals surface area (Å²) in [6.45, 7) is 2.28. The molecule has 1 atom stereocenters. The molecule has 1 fully saturated rings. The van der Waals surface area contributed by atoms with Gasteiger partial charge in [0.2, 0.25) is 5.91 Å². The lowest BCUT2D eigenvalue weighted by Gasteiger charge is -2.31. The molecule has 1 aromatic rings. The third-order valence-electron chi connectivity index (χ3n) is 2.93. The predicted molar refractivity (Wildman–Crippen MR) is 76.3 cm³/mol. The number of nitrogens with zero attached hydrogens (tertiary/aromatic N) is 1. The molecule has 2 rings (SSSR count). The lowest BCUT2D eigenvalue weighted by molar-refractivity contribution is -0.158. The first-order valence-corrected chi connectivity index (χ1v) is 7.19. The molecule has 2 amide bonds. The van der Waals surface area contributed by atoms with Crippen molar-refractivity contribution in [3.63, 3.8) is 0 Å². The van der Waals surface area contributed by atoms with Gasteiger partial charge in [0.15, 0.2) is 6.10 Å². The number of methoxy groups -OCH3 is 1. The van der Waals surface area contributed by atoms with Crippen molar-refractivity contribution in [1.29, 1.82) is 0 Å². The highest BCUT2D eigenvalue weighted by molar-refractivity contribution is 7.18. The van der Waals surface area contributed by atoms with Gasteiger partial charge in [0, 0.05) is 13.5 Å². The quantitative estimate of drug-likeness (QED) is 0.831. The molecular weight excluding hydrogens is 296 g/mol. The Balaban J connectivity index is 2.03. The first-order chi connectivity index (χ1) is 10.0. The van der Waals surface area contributed by atoms with Crippen LogP contribution in [0.5, 0.6) is 0 Å². The number of esters is 1. The number of ether oxygens (including phenoxy) is 2. The molecule has 1 aliphatic rings. The molecule has 0 saturated carbocycles. The number of rotatable bonds is 3. The SMILES string of the molecule is COC(=O)C1CN(C(=O)c2ccc(NC(C)=O)s2)CCO1. The summed E-state index contributed by atoms with van der Waals surface area (Å²) in [5, 5.41) is 3.24. The van der Waals surface area contributed by atoms with Crippen molar-refractivity contribution >= 4 is 34.1 Å². The Kier molecular flexibility index (Phi) is 4.92. The summed E-state index contributed by atoms with van der Waals surface area (Å²) in [6, 6.07) is 3.33. The topological polar surface area (TPSA) is 84.9 Å². The Morgan fingerprint density at radius 1 is 1.43 bits per heavy atom. The molecule has 0 aromatic carbocycles. The number of anilines is 1. The zero-order valence-electron chi connectivity index (χ0n) is 11.8. The molecule has 0 aliphatic carbocycles. The Morgan fingerprint density at radius 2 is 2.19 bits per heavy atom. The van der Waals surface area contributed by atoms with Crippen molar-refractivity contribution in [3.8, 4) is 0 Å². The van der Waals surface area contributed by atoms with Crippen LogP contribution in [0, 0.1) is 0 Å². The fraction of sp³-hybridized carbons (Fsp3) is 0.462. The zero-order chi connectivity index (χ0) is 15.4. The largest absolute Gasteiger partial charge is 0.467 e. The summed E-state index contributed by atoms with van der Waals surface area (Å²) in [5.41, 5.74) is 0. The number of carbonyl (C=O) groups excluding carboxylic acids is 3. The van der Waals surface area contributed by atoms with Crippen LogP contribution in [-0.2, 0) is 19.1 Å². The van der Waals surface area contributed by atoms with Crippen LogP contribution >= 0.6 is 11.3 Å². The van der Waals surface area contributed by atoms with Gasteiger partial charge in [0.05, 0.1) is 30.1 Å². The molecule has 2 heterocycles. The van der Waals surface area contributed by atoms with Crippen LogP contribution < -0.4 is 5.32 Å². The highest BCUT2D eigenvalue weighted by Gasteiger charge is 2.30. The van der Waals surface area contributed by atoms with E-state index >= 15 is 0 Å². The Hall–Kier alpha value is -1.93. The van der Waals surface area contributed by atoms with Crippen LogP contribution in [0.4, 0.5) is 5.00 Å². The van der Waals surface area contributed by atoms with Gasteiger partial charge in [-0.3, -0.25) is 9.59 Å². The van der Waals surface area contributed by atoms with Crippen molar-refractivity contribution in [2.75, 3.05) is 32.1 Å². The van der Waals surface area contributed by atoms with Gasteiger partial charge in [0.25, 0.3) is 5.91 Å². The molecule has 1 N–H and O–H groups in total. The van der Waals surface area contributed by atoms with Crippen molar-refractivity contribution in [3.05, 3.63) is 17.0 Å². The van der Waals surface area contributed by atoms with E-state index in [0.717, 1.165) is 0 Å². The fourth-order valence-electron chi connectivity index (χ4n) is 1.96. The third kappa shape index (κ3) is 3.79. The van der Waals surface area contributed by atoms with Gasteiger partial charge in [-0.2, -0.15) is 0 Å². The van der Waals surface area contributed by atoms with Crippen LogP contribution in [-0.4, -0.2) is 55.6 Å². The number of amides is 2. The molecule has 114 valence electrons. The third-order valence-corrected chi connectivity index (χ3v) is 3.92. The van der Waals surface area contributed by atoms with Crippen molar-refractivity contribution in [2.24, 2.45) is 0 Å². The molecule has 1 unspecified atom stereocenters. The fourth-order valence-corrected chi connectivity index (χ4v) is 2.88. The Labute approximate surface area is 125 Å². The highest BCUT2D eigenvalue weighted by atomic mass is 32.1. The van der Waals surface area contributed by atoms with E-state index in [1.165, 1.54) is 25.4 Å². The van der Waals surface area contributed by atoms with E-state index < -0.39 is 12.1 Å². The first-order valence-electron chi connectivity index (χ1n) is 6.37. The van der Waals surface area contributed by atoms with Gasteiger partial charge in [-0.15, -0.1) is 11.3 Å². The average Bonchev–Trinajstić information content (AvgIpc) is 2.93. The number of hydrogen-bond acceptors (Lipinski definition) is 6. The summed E-state index contributed by atoms with van der Waals surface area (Å²) in [4.78, 5) is 36.9. The van der Waals surface area contributed by atoms with Gasteiger partial charge < -0.3 is 19.7 Å². The highest BCUT2D eigenvalue weighted by Crippen LogP contribution is 2.24. The maximum absolute atomic E-state index is 12.4. The molecule has 0 spiro atoms.